The number of rotatable bonds is 7. The third-order valence-electron chi connectivity index (χ3n) is 5.00. The van der Waals surface area contributed by atoms with E-state index in [2.05, 4.69) is 37.3 Å². The Morgan fingerprint density at radius 1 is 1.13 bits per heavy atom. The predicted molar refractivity (Wildman–Crippen MR) is 124 cm³/mol. The molecule has 1 amide bonds. The normalized spacial score (nSPS) is 10.9. The molecule has 4 aromatic rings. The van der Waals surface area contributed by atoms with Gasteiger partial charge in [-0.05, 0) is 58.6 Å². The van der Waals surface area contributed by atoms with Gasteiger partial charge in [-0.1, -0.05) is 24.3 Å². The van der Waals surface area contributed by atoms with Gasteiger partial charge in [0, 0.05) is 40.1 Å². The van der Waals surface area contributed by atoms with Crippen molar-refractivity contribution in [3.63, 3.8) is 0 Å². The molecule has 2 aromatic heterocycles. The maximum absolute atomic E-state index is 12.5. The number of aromatic amines is 1. The summed E-state index contributed by atoms with van der Waals surface area (Å²) < 4.78 is 0.598. The summed E-state index contributed by atoms with van der Waals surface area (Å²) in [5.74, 6) is -0.194. The van der Waals surface area contributed by atoms with E-state index in [4.69, 9.17) is 0 Å². The van der Waals surface area contributed by atoms with Gasteiger partial charge in [-0.25, -0.2) is 0 Å². The Bertz CT molecular complexity index is 1250. The number of amides is 1. The molecule has 2 heterocycles. The molecule has 4 rings (SSSR count). The fourth-order valence-corrected chi connectivity index (χ4v) is 3.90. The molecule has 0 aliphatic rings. The summed E-state index contributed by atoms with van der Waals surface area (Å²) in [6, 6.07) is 18.1. The number of fused-ring (bicyclic) bond motifs is 1. The number of carbonyl (C=O) groups excluding carboxylic acids is 1. The van der Waals surface area contributed by atoms with Gasteiger partial charge < -0.3 is 10.3 Å². The number of H-pyrrole nitrogens is 1. The highest BCUT2D eigenvalue weighted by Crippen LogP contribution is 2.31. The molecular formula is C23H19BrN4O3. The van der Waals surface area contributed by atoms with Crippen molar-refractivity contribution < 1.29 is 9.72 Å². The Hall–Kier alpha value is -3.52. The Morgan fingerprint density at radius 3 is 2.71 bits per heavy atom. The van der Waals surface area contributed by atoms with Crippen LogP contribution in [0.5, 0.6) is 0 Å². The van der Waals surface area contributed by atoms with Crippen LogP contribution >= 0.6 is 15.9 Å². The SMILES string of the molecule is O=C(CCCc1c(-c2ccccn2)[nH]c2ccccc12)Nc1cc([N+](=O)[O-])ccc1Br. The van der Waals surface area contributed by atoms with Gasteiger partial charge in [-0.15, -0.1) is 0 Å². The number of aromatic nitrogens is 2. The number of carbonyl (C=O) groups is 1. The molecule has 0 fully saturated rings. The van der Waals surface area contributed by atoms with Crippen LogP contribution in [0.3, 0.4) is 0 Å². The van der Waals surface area contributed by atoms with Gasteiger partial charge in [0.2, 0.25) is 5.91 Å². The second-order valence-electron chi connectivity index (χ2n) is 7.06. The molecule has 0 aliphatic heterocycles. The molecule has 2 N–H and O–H groups in total. The van der Waals surface area contributed by atoms with Crippen molar-refractivity contribution in [1.29, 1.82) is 0 Å². The van der Waals surface area contributed by atoms with E-state index in [0.717, 1.165) is 27.9 Å². The molecule has 0 radical (unpaired) electrons. The van der Waals surface area contributed by atoms with Crippen molar-refractivity contribution in [2.24, 2.45) is 0 Å². The zero-order chi connectivity index (χ0) is 21.8. The summed E-state index contributed by atoms with van der Waals surface area (Å²) in [6.07, 6.45) is 3.37. The van der Waals surface area contributed by atoms with E-state index in [9.17, 15) is 14.9 Å². The van der Waals surface area contributed by atoms with Crippen LogP contribution in [0.15, 0.2) is 71.3 Å². The highest BCUT2D eigenvalue weighted by molar-refractivity contribution is 9.10. The second-order valence-corrected chi connectivity index (χ2v) is 7.92. The standard InChI is InChI=1S/C23H19BrN4O3/c24-18-12-11-15(28(30)31)14-21(18)26-22(29)10-5-7-17-16-6-1-2-8-19(16)27-23(17)20-9-3-4-13-25-20/h1-4,6,8-9,11-14,27H,5,7,10H2,(H,26,29). The lowest BCUT2D eigenvalue weighted by molar-refractivity contribution is -0.384. The Labute approximate surface area is 186 Å². The number of hydrogen-bond donors (Lipinski definition) is 2. The van der Waals surface area contributed by atoms with E-state index < -0.39 is 4.92 Å². The molecule has 0 unspecified atom stereocenters. The number of pyridine rings is 1. The zero-order valence-corrected chi connectivity index (χ0v) is 18.1. The van der Waals surface area contributed by atoms with E-state index in [1.165, 1.54) is 12.1 Å². The third kappa shape index (κ3) is 4.64. The van der Waals surface area contributed by atoms with E-state index in [1.54, 1.807) is 12.3 Å². The molecular weight excluding hydrogens is 460 g/mol. The van der Waals surface area contributed by atoms with Crippen LogP contribution in [0.4, 0.5) is 11.4 Å². The highest BCUT2D eigenvalue weighted by Gasteiger charge is 2.15. The molecule has 0 aliphatic carbocycles. The van der Waals surface area contributed by atoms with Crippen LogP contribution in [0.1, 0.15) is 18.4 Å². The number of para-hydroxylation sites is 1. The molecule has 0 saturated heterocycles. The lowest BCUT2D eigenvalue weighted by atomic mass is 10.0. The lowest BCUT2D eigenvalue weighted by Crippen LogP contribution is -2.12. The summed E-state index contributed by atoms with van der Waals surface area (Å²) in [6.45, 7) is 0. The van der Waals surface area contributed by atoms with Crippen molar-refractivity contribution in [1.82, 2.24) is 9.97 Å². The van der Waals surface area contributed by atoms with Crippen LogP contribution in [0, 0.1) is 10.1 Å². The number of nitrogens with zero attached hydrogens (tertiary/aromatic N) is 2. The van der Waals surface area contributed by atoms with Crippen molar-refractivity contribution in [2.75, 3.05) is 5.32 Å². The van der Waals surface area contributed by atoms with Gasteiger partial charge >= 0.3 is 0 Å². The molecule has 0 spiro atoms. The second kappa shape index (κ2) is 9.09. The largest absolute Gasteiger partial charge is 0.353 e. The van der Waals surface area contributed by atoms with Crippen LogP contribution in [0.2, 0.25) is 0 Å². The van der Waals surface area contributed by atoms with Gasteiger partial charge in [0.15, 0.2) is 0 Å². The van der Waals surface area contributed by atoms with Gasteiger partial charge in [-0.3, -0.25) is 19.9 Å². The van der Waals surface area contributed by atoms with Gasteiger partial charge in [0.05, 0.1) is 22.0 Å². The Morgan fingerprint density at radius 2 is 1.94 bits per heavy atom. The number of non-ortho nitro benzene ring substituents is 1. The number of hydrogen-bond acceptors (Lipinski definition) is 4. The molecule has 31 heavy (non-hydrogen) atoms. The lowest BCUT2D eigenvalue weighted by Gasteiger charge is -2.08. The Kier molecular flexibility index (Phi) is 6.08. The number of nitrogens with one attached hydrogen (secondary N) is 2. The van der Waals surface area contributed by atoms with Crippen molar-refractivity contribution in [3.8, 4) is 11.4 Å². The molecule has 0 saturated carbocycles. The summed E-state index contributed by atoms with van der Waals surface area (Å²) in [4.78, 5) is 30.9. The third-order valence-corrected chi connectivity index (χ3v) is 5.69. The van der Waals surface area contributed by atoms with Crippen molar-refractivity contribution >= 4 is 44.1 Å². The minimum Gasteiger partial charge on any atom is -0.353 e. The fraction of sp³-hybridized carbons (Fsp3) is 0.130. The average Bonchev–Trinajstić information content (AvgIpc) is 3.14. The number of halogens is 1. The number of nitro groups is 1. The fourth-order valence-electron chi connectivity index (χ4n) is 3.55. The molecule has 8 heteroatoms. The zero-order valence-electron chi connectivity index (χ0n) is 16.5. The van der Waals surface area contributed by atoms with Gasteiger partial charge in [0.25, 0.3) is 5.69 Å². The quantitative estimate of drug-likeness (QED) is 0.256. The topological polar surface area (TPSA) is 101 Å². The Balaban J connectivity index is 1.48. The number of anilines is 1. The average molecular weight is 479 g/mol. The molecule has 0 bridgehead atoms. The summed E-state index contributed by atoms with van der Waals surface area (Å²) in [5, 5.41) is 14.9. The summed E-state index contributed by atoms with van der Waals surface area (Å²) >= 11 is 3.32. The van der Waals surface area contributed by atoms with Crippen LogP contribution in [-0.2, 0) is 11.2 Å². The van der Waals surface area contributed by atoms with Crippen LogP contribution < -0.4 is 5.32 Å². The van der Waals surface area contributed by atoms with E-state index in [-0.39, 0.29) is 18.0 Å². The highest BCUT2D eigenvalue weighted by atomic mass is 79.9. The van der Waals surface area contributed by atoms with Crippen LogP contribution in [-0.4, -0.2) is 20.8 Å². The first kappa shape index (κ1) is 20.7. The number of benzene rings is 2. The first-order valence-electron chi connectivity index (χ1n) is 9.77. The van der Waals surface area contributed by atoms with Crippen LogP contribution in [0.25, 0.3) is 22.3 Å². The molecule has 156 valence electrons. The first-order chi connectivity index (χ1) is 15.0. The molecule has 7 nitrogen and oxygen atoms in total. The first-order valence-corrected chi connectivity index (χ1v) is 10.6. The van der Waals surface area contributed by atoms with Gasteiger partial charge in [0.1, 0.15) is 0 Å². The van der Waals surface area contributed by atoms with E-state index in [0.29, 0.717) is 23.0 Å². The molecule has 2 aromatic carbocycles. The van der Waals surface area contributed by atoms with E-state index >= 15 is 0 Å². The van der Waals surface area contributed by atoms with E-state index in [1.807, 2.05) is 36.4 Å². The minimum atomic E-state index is -0.488. The monoisotopic (exact) mass is 478 g/mol. The van der Waals surface area contributed by atoms with Gasteiger partial charge in [-0.2, -0.15) is 0 Å². The summed E-state index contributed by atoms with van der Waals surface area (Å²) in [7, 11) is 0. The number of nitro benzene ring substituents is 1. The van der Waals surface area contributed by atoms with Crippen molar-refractivity contribution in [3.05, 3.63) is 87.0 Å². The summed E-state index contributed by atoms with van der Waals surface area (Å²) in [5.41, 5.74) is 4.29. The minimum absolute atomic E-state index is 0.0719. The maximum atomic E-state index is 12.5. The smallest absolute Gasteiger partial charge is 0.271 e. The van der Waals surface area contributed by atoms with Crippen molar-refractivity contribution in [2.45, 2.75) is 19.3 Å². The predicted octanol–water partition coefficient (Wildman–Crippen LogP) is 5.86. The maximum Gasteiger partial charge on any atom is 0.271 e. The number of aryl methyl sites for hydroxylation is 1. The molecule has 0 atom stereocenters.